The van der Waals surface area contributed by atoms with Crippen molar-refractivity contribution in [2.45, 2.75) is 56.6 Å². The molecule has 6 aliphatic rings. The standard InChI is InChI=1S/C29H30N2O9S/c1-11-5-14-6-15-7-30-21(18(14)23(34)24(11)36-4)22-28-20-19(16(31(15)22)8-37-29(35)17(33)9-41-28)27-26(38-10-39-27)12(2)25(20)40-13(3)32/h5,15-16,21-22,28,30,34H,6-10H2,1-4H3. The maximum absolute atomic E-state index is 12.8. The maximum atomic E-state index is 12.8. The number of ether oxygens (including phenoxy) is 5. The fraction of sp³-hybridized carbons (Fsp3) is 0.483. The molecule has 0 aliphatic carbocycles. The molecule has 12 heteroatoms. The summed E-state index contributed by atoms with van der Waals surface area (Å²) in [6.45, 7) is 5.60. The van der Waals surface area contributed by atoms with Gasteiger partial charge in [0, 0.05) is 47.8 Å². The van der Waals surface area contributed by atoms with Crippen molar-refractivity contribution in [3.8, 4) is 28.7 Å². The largest absolute Gasteiger partial charge is 0.504 e. The Morgan fingerprint density at radius 1 is 1.12 bits per heavy atom. The number of phenols is 1. The minimum Gasteiger partial charge on any atom is -0.504 e. The molecule has 216 valence electrons. The lowest BCUT2D eigenvalue weighted by Crippen LogP contribution is -2.63. The van der Waals surface area contributed by atoms with Crippen LogP contribution in [0, 0.1) is 13.8 Å². The average molecular weight is 583 g/mol. The molecule has 0 amide bonds. The van der Waals surface area contributed by atoms with Crippen LogP contribution in [-0.2, 0) is 25.5 Å². The zero-order chi connectivity index (χ0) is 28.7. The second kappa shape index (κ2) is 9.53. The van der Waals surface area contributed by atoms with Crippen molar-refractivity contribution in [2.75, 3.05) is 32.8 Å². The average Bonchev–Trinajstić information content (AvgIpc) is 3.30. The summed E-state index contributed by atoms with van der Waals surface area (Å²) in [5.74, 6) is -0.215. The van der Waals surface area contributed by atoms with Crippen molar-refractivity contribution in [3.63, 3.8) is 0 Å². The SMILES string of the molecule is COc1c(C)cc2c(c1O)C1NCC(C2)N2C3COC(=O)C(=O)CSC(c4c(OC(C)=O)c(C)c5c(c43)OCO5)C12. The minimum atomic E-state index is -0.872. The van der Waals surface area contributed by atoms with Crippen LogP contribution in [0.2, 0.25) is 0 Å². The first-order valence-electron chi connectivity index (χ1n) is 13.6. The highest BCUT2D eigenvalue weighted by atomic mass is 32.2. The molecule has 8 rings (SSSR count). The smallest absolute Gasteiger partial charge is 0.375 e. The number of nitrogens with one attached hydrogen (secondary N) is 1. The van der Waals surface area contributed by atoms with E-state index in [1.54, 1.807) is 0 Å². The number of thioether (sulfide) groups is 1. The summed E-state index contributed by atoms with van der Waals surface area (Å²) in [7, 11) is 1.54. The Hall–Kier alpha value is -3.48. The molecule has 4 bridgehead atoms. The van der Waals surface area contributed by atoms with Gasteiger partial charge in [-0.05, 0) is 31.4 Å². The number of aromatic hydroxyl groups is 1. The molecule has 0 radical (unpaired) electrons. The number of fused-ring (bicyclic) bond motifs is 6. The van der Waals surface area contributed by atoms with E-state index >= 15 is 0 Å². The van der Waals surface area contributed by atoms with Crippen molar-refractivity contribution in [3.05, 3.63) is 39.4 Å². The number of hydrogen-bond donors (Lipinski definition) is 2. The summed E-state index contributed by atoms with van der Waals surface area (Å²) < 4.78 is 29.0. The molecular weight excluding hydrogens is 552 g/mol. The summed E-state index contributed by atoms with van der Waals surface area (Å²) in [4.78, 5) is 40.2. The molecule has 2 aromatic rings. The van der Waals surface area contributed by atoms with E-state index < -0.39 is 29.0 Å². The lowest BCUT2D eigenvalue weighted by molar-refractivity contribution is -0.155. The van der Waals surface area contributed by atoms with E-state index in [-0.39, 0.29) is 43.0 Å². The van der Waals surface area contributed by atoms with Gasteiger partial charge in [-0.3, -0.25) is 14.5 Å². The van der Waals surface area contributed by atoms with E-state index in [4.69, 9.17) is 23.7 Å². The first-order chi connectivity index (χ1) is 19.7. The van der Waals surface area contributed by atoms with Crippen molar-refractivity contribution < 1.29 is 43.2 Å². The molecule has 0 saturated carbocycles. The Labute approximate surface area is 240 Å². The van der Waals surface area contributed by atoms with Crippen LogP contribution < -0.4 is 24.3 Å². The molecular formula is C29H30N2O9S. The molecule has 2 saturated heterocycles. The molecule has 6 unspecified atom stereocenters. The monoisotopic (exact) mass is 582 g/mol. The van der Waals surface area contributed by atoms with Gasteiger partial charge in [-0.15, -0.1) is 11.8 Å². The number of carbonyl (C=O) groups excluding carboxylic acids is 3. The highest BCUT2D eigenvalue weighted by Gasteiger charge is 2.56. The topological polar surface area (TPSA) is 133 Å². The second-order valence-electron chi connectivity index (χ2n) is 11.0. The van der Waals surface area contributed by atoms with Crippen molar-refractivity contribution in [1.82, 2.24) is 10.2 Å². The fourth-order valence-electron chi connectivity index (χ4n) is 7.37. The number of methoxy groups -OCH3 is 1. The maximum Gasteiger partial charge on any atom is 0.375 e. The number of nitrogens with zero attached hydrogens (tertiary/aromatic N) is 1. The van der Waals surface area contributed by atoms with Gasteiger partial charge < -0.3 is 34.1 Å². The van der Waals surface area contributed by atoms with Crippen LogP contribution in [-0.4, -0.2) is 72.6 Å². The molecule has 0 aromatic heterocycles. The first kappa shape index (κ1) is 26.4. The zero-order valence-electron chi connectivity index (χ0n) is 23.1. The predicted molar refractivity (Wildman–Crippen MR) is 146 cm³/mol. The van der Waals surface area contributed by atoms with Gasteiger partial charge in [0.05, 0.1) is 30.2 Å². The zero-order valence-corrected chi connectivity index (χ0v) is 23.9. The van der Waals surface area contributed by atoms with Crippen molar-refractivity contribution in [1.29, 1.82) is 0 Å². The van der Waals surface area contributed by atoms with E-state index in [9.17, 15) is 19.5 Å². The van der Waals surface area contributed by atoms with E-state index in [0.29, 0.717) is 41.5 Å². The Morgan fingerprint density at radius 2 is 1.90 bits per heavy atom. The molecule has 6 aliphatic heterocycles. The van der Waals surface area contributed by atoms with Gasteiger partial charge in [0.1, 0.15) is 12.4 Å². The molecule has 41 heavy (non-hydrogen) atoms. The van der Waals surface area contributed by atoms with Gasteiger partial charge in [-0.1, -0.05) is 6.07 Å². The van der Waals surface area contributed by atoms with Gasteiger partial charge in [-0.25, -0.2) is 4.79 Å². The van der Waals surface area contributed by atoms with Crippen LogP contribution in [0.3, 0.4) is 0 Å². The third kappa shape index (κ3) is 3.76. The van der Waals surface area contributed by atoms with E-state index in [1.165, 1.54) is 25.8 Å². The van der Waals surface area contributed by atoms with Crippen molar-refractivity contribution in [2.24, 2.45) is 0 Å². The number of esters is 2. The molecule has 0 spiro atoms. The molecule has 2 N–H and O–H groups in total. The summed E-state index contributed by atoms with van der Waals surface area (Å²) >= 11 is 1.30. The molecule has 11 nitrogen and oxygen atoms in total. The third-order valence-electron chi connectivity index (χ3n) is 8.82. The Bertz CT molecular complexity index is 1520. The Balaban J connectivity index is 1.52. The fourth-order valence-corrected chi connectivity index (χ4v) is 8.71. The number of cyclic esters (lactones) is 1. The second-order valence-corrected chi connectivity index (χ2v) is 12.2. The van der Waals surface area contributed by atoms with Crippen molar-refractivity contribution >= 4 is 29.5 Å². The molecule has 2 aromatic carbocycles. The summed E-state index contributed by atoms with van der Waals surface area (Å²) in [6.07, 6.45) is 0.631. The van der Waals surface area contributed by atoms with Crippen LogP contribution in [0.1, 0.15) is 57.6 Å². The van der Waals surface area contributed by atoms with Gasteiger partial charge in [0.2, 0.25) is 12.6 Å². The number of rotatable bonds is 2. The number of hydrogen-bond acceptors (Lipinski definition) is 12. The first-order valence-corrected chi connectivity index (χ1v) is 14.6. The predicted octanol–water partition coefficient (Wildman–Crippen LogP) is 2.57. The molecule has 6 atom stereocenters. The number of piperazine rings is 1. The van der Waals surface area contributed by atoms with Gasteiger partial charge >= 0.3 is 11.9 Å². The lowest BCUT2D eigenvalue weighted by Gasteiger charge is -2.55. The number of phenolic OH excluding ortho intramolecular Hbond substituents is 1. The van der Waals surface area contributed by atoms with Crippen LogP contribution in [0.15, 0.2) is 6.07 Å². The lowest BCUT2D eigenvalue weighted by atomic mass is 9.79. The normalized spacial score (nSPS) is 29.2. The highest BCUT2D eigenvalue weighted by Crippen LogP contribution is 2.62. The van der Waals surface area contributed by atoms with Crippen LogP contribution in [0.25, 0.3) is 0 Å². The summed E-state index contributed by atoms with van der Waals surface area (Å²) in [5, 5.41) is 14.8. The Morgan fingerprint density at radius 3 is 2.66 bits per heavy atom. The van der Waals surface area contributed by atoms with Crippen LogP contribution >= 0.6 is 11.8 Å². The van der Waals surface area contributed by atoms with E-state index in [0.717, 1.165) is 27.8 Å². The number of Topliss-reactive ketones (excluding diaryl/α,β-unsaturated/α-hetero) is 1. The summed E-state index contributed by atoms with van der Waals surface area (Å²) in [6, 6.07) is 0.813. The van der Waals surface area contributed by atoms with E-state index in [1.807, 2.05) is 13.8 Å². The van der Waals surface area contributed by atoms with Gasteiger partial charge in [0.25, 0.3) is 0 Å². The van der Waals surface area contributed by atoms with Gasteiger partial charge in [0.15, 0.2) is 23.0 Å². The number of benzene rings is 2. The Kier molecular flexibility index (Phi) is 6.14. The van der Waals surface area contributed by atoms with Crippen LogP contribution in [0.4, 0.5) is 0 Å². The van der Waals surface area contributed by atoms with E-state index in [2.05, 4.69) is 16.3 Å². The van der Waals surface area contributed by atoms with Gasteiger partial charge in [-0.2, -0.15) is 0 Å². The molecule has 2 fully saturated rings. The number of ketones is 1. The minimum absolute atomic E-state index is 0.00433. The third-order valence-corrected chi connectivity index (χ3v) is 10.1. The van der Waals surface area contributed by atoms with Crippen LogP contribution in [0.5, 0.6) is 28.7 Å². The summed E-state index contributed by atoms with van der Waals surface area (Å²) in [5.41, 5.74) is 4.68. The number of carbonyl (C=O) groups is 3. The highest BCUT2D eigenvalue weighted by molar-refractivity contribution is 8.00. The number of aryl methyl sites for hydroxylation is 1. The quantitative estimate of drug-likeness (QED) is 0.306. The molecule has 6 heterocycles.